The van der Waals surface area contributed by atoms with Gasteiger partial charge in [-0.05, 0) is 49.8 Å². The molecule has 6 heteroatoms. The summed E-state index contributed by atoms with van der Waals surface area (Å²) in [7, 11) is 1.79. The van der Waals surface area contributed by atoms with Crippen molar-refractivity contribution in [3.63, 3.8) is 0 Å². The topological polar surface area (TPSA) is 77.1 Å². The lowest BCUT2D eigenvalue weighted by atomic mass is 9.86. The summed E-state index contributed by atoms with van der Waals surface area (Å²) < 4.78 is 12.9. The Kier molecular flexibility index (Phi) is 7.32. The molecule has 166 valence electrons. The molecular formula is C25H33N3O3. The lowest BCUT2D eigenvalue weighted by Crippen LogP contribution is -2.26. The molecule has 0 amide bonds. The smallest absolute Gasteiger partial charge is 0.314 e. The number of benzene rings is 1. The van der Waals surface area contributed by atoms with Crippen LogP contribution in [0.2, 0.25) is 0 Å². The third kappa shape index (κ3) is 5.75. The number of carbonyl (C=O) groups is 1. The van der Waals surface area contributed by atoms with E-state index in [1.165, 1.54) is 5.56 Å². The van der Waals surface area contributed by atoms with Gasteiger partial charge in [-0.15, -0.1) is 0 Å². The van der Waals surface area contributed by atoms with Gasteiger partial charge in [0.05, 0.1) is 11.1 Å². The van der Waals surface area contributed by atoms with E-state index in [0.29, 0.717) is 23.4 Å². The number of hydrogen-bond acceptors (Lipinski definition) is 5. The van der Waals surface area contributed by atoms with Gasteiger partial charge in [0.2, 0.25) is 6.79 Å². The molecule has 0 aliphatic rings. The quantitative estimate of drug-likeness (QED) is 0.259. The predicted octanol–water partition coefficient (Wildman–Crippen LogP) is 5.37. The van der Waals surface area contributed by atoms with Crippen molar-refractivity contribution in [2.45, 2.75) is 60.3 Å². The monoisotopic (exact) mass is 423 g/mol. The van der Waals surface area contributed by atoms with Crippen LogP contribution in [0.15, 0.2) is 30.3 Å². The van der Waals surface area contributed by atoms with Crippen molar-refractivity contribution in [2.75, 3.05) is 6.79 Å². The molecule has 6 nitrogen and oxygen atoms in total. The van der Waals surface area contributed by atoms with Crippen molar-refractivity contribution in [2.24, 2.45) is 12.5 Å². The van der Waals surface area contributed by atoms with Crippen LogP contribution in [0.4, 0.5) is 0 Å². The van der Waals surface area contributed by atoms with Crippen molar-refractivity contribution in [1.82, 2.24) is 9.78 Å². The van der Waals surface area contributed by atoms with E-state index in [-0.39, 0.29) is 18.2 Å². The summed E-state index contributed by atoms with van der Waals surface area (Å²) in [5, 5.41) is 14.4. The highest BCUT2D eigenvalue weighted by atomic mass is 16.7. The van der Waals surface area contributed by atoms with Crippen molar-refractivity contribution in [3.8, 4) is 6.07 Å². The second-order valence-corrected chi connectivity index (χ2v) is 9.37. The molecule has 31 heavy (non-hydrogen) atoms. The van der Waals surface area contributed by atoms with Gasteiger partial charge in [0.1, 0.15) is 17.3 Å². The van der Waals surface area contributed by atoms with E-state index in [1.54, 1.807) is 11.7 Å². The van der Waals surface area contributed by atoms with Gasteiger partial charge in [0.15, 0.2) is 5.76 Å². The van der Waals surface area contributed by atoms with Crippen LogP contribution in [-0.2, 0) is 26.7 Å². The first kappa shape index (κ1) is 24.2. The zero-order valence-electron chi connectivity index (χ0n) is 19.9. The Morgan fingerprint density at radius 1 is 1.13 bits per heavy atom. The van der Waals surface area contributed by atoms with Crippen LogP contribution in [0.25, 0.3) is 11.3 Å². The summed E-state index contributed by atoms with van der Waals surface area (Å²) >= 11 is 0. The lowest BCUT2D eigenvalue weighted by molar-refractivity contribution is -0.162. The SMILES string of the molecule is CCC(C)(C)C(=O)OCO/C(=C(/C#N)c1ccc(C(C)(C)C)cc1)c1cc(C)nn1C. The van der Waals surface area contributed by atoms with Gasteiger partial charge in [-0.25, -0.2) is 0 Å². The first-order valence-electron chi connectivity index (χ1n) is 10.5. The summed E-state index contributed by atoms with van der Waals surface area (Å²) in [6.45, 7) is 13.6. The molecule has 0 bridgehead atoms. The second kappa shape index (κ2) is 9.38. The van der Waals surface area contributed by atoms with E-state index in [9.17, 15) is 10.1 Å². The number of aryl methyl sites for hydroxylation is 2. The average molecular weight is 424 g/mol. The summed E-state index contributed by atoms with van der Waals surface area (Å²) in [6, 6.07) is 12.0. The fourth-order valence-corrected chi connectivity index (χ4v) is 2.96. The van der Waals surface area contributed by atoms with Crippen molar-refractivity contribution >= 4 is 17.3 Å². The van der Waals surface area contributed by atoms with Gasteiger partial charge in [0.25, 0.3) is 0 Å². The van der Waals surface area contributed by atoms with Gasteiger partial charge in [0, 0.05) is 7.05 Å². The fraction of sp³-hybridized carbons (Fsp3) is 0.480. The van der Waals surface area contributed by atoms with Crippen LogP contribution >= 0.6 is 0 Å². The Bertz CT molecular complexity index is 1000. The molecule has 0 N–H and O–H groups in total. The van der Waals surface area contributed by atoms with Crippen LogP contribution < -0.4 is 0 Å². The molecule has 1 heterocycles. The minimum Gasteiger partial charge on any atom is -0.454 e. The number of nitrogens with zero attached hydrogens (tertiary/aromatic N) is 3. The molecule has 2 rings (SSSR count). The maximum atomic E-state index is 12.3. The van der Waals surface area contributed by atoms with Crippen molar-refractivity contribution < 1.29 is 14.3 Å². The highest BCUT2D eigenvalue weighted by Gasteiger charge is 2.27. The van der Waals surface area contributed by atoms with Gasteiger partial charge in [-0.2, -0.15) is 10.4 Å². The fourth-order valence-electron chi connectivity index (χ4n) is 2.96. The first-order valence-corrected chi connectivity index (χ1v) is 10.5. The first-order chi connectivity index (χ1) is 14.4. The highest BCUT2D eigenvalue weighted by molar-refractivity contribution is 5.94. The van der Waals surface area contributed by atoms with E-state index in [2.05, 4.69) is 31.9 Å². The molecule has 1 aromatic heterocycles. The van der Waals surface area contributed by atoms with Gasteiger partial charge >= 0.3 is 5.97 Å². The Morgan fingerprint density at radius 2 is 1.74 bits per heavy atom. The number of nitriles is 1. The Hall–Kier alpha value is -3.07. The largest absolute Gasteiger partial charge is 0.454 e. The highest BCUT2D eigenvalue weighted by Crippen LogP contribution is 2.30. The molecule has 0 fully saturated rings. The van der Waals surface area contributed by atoms with Crippen LogP contribution in [0.5, 0.6) is 0 Å². The van der Waals surface area contributed by atoms with Crippen LogP contribution in [-0.4, -0.2) is 22.5 Å². The number of hydrogen-bond donors (Lipinski definition) is 0. The molecule has 0 aliphatic carbocycles. The van der Waals surface area contributed by atoms with E-state index < -0.39 is 5.41 Å². The molecule has 0 saturated heterocycles. The molecule has 0 unspecified atom stereocenters. The van der Waals surface area contributed by atoms with Crippen LogP contribution in [0, 0.1) is 23.7 Å². The van der Waals surface area contributed by atoms with E-state index in [4.69, 9.17) is 9.47 Å². The van der Waals surface area contributed by atoms with Gasteiger partial charge in [-0.1, -0.05) is 52.0 Å². The number of ether oxygens (including phenoxy) is 2. The van der Waals surface area contributed by atoms with Crippen molar-refractivity contribution in [1.29, 1.82) is 5.26 Å². The predicted molar refractivity (Wildman–Crippen MR) is 122 cm³/mol. The molecule has 0 spiro atoms. The molecule has 0 radical (unpaired) electrons. The summed E-state index contributed by atoms with van der Waals surface area (Å²) in [4.78, 5) is 12.3. The minimum absolute atomic E-state index is 0.00775. The number of allylic oxidation sites excluding steroid dienone is 1. The minimum atomic E-state index is -0.600. The van der Waals surface area contributed by atoms with Crippen LogP contribution in [0.1, 0.15) is 70.5 Å². The maximum Gasteiger partial charge on any atom is 0.314 e. The zero-order chi connectivity index (χ0) is 23.4. The lowest BCUT2D eigenvalue weighted by Gasteiger charge is -2.21. The maximum absolute atomic E-state index is 12.3. The van der Waals surface area contributed by atoms with Gasteiger partial charge in [-0.3, -0.25) is 9.48 Å². The normalized spacial score (nSPS) is 12.7. The molecule has 0 aliphatic heterocycles. The van der Waals surface area contributed by atoms with Crippen LogP contribution in [0.3, 0.4) is 0 Å². The average Bonchev–Trinajstić information content (AvgIpc) is 3.04. The Labute approximate surface area is 185 Å². The Morgan fingerprint density at radius 3 is 2.19 bits per heavy atom. The molecule has 2 aromatic rings. The van der Waals surface area contributed by atoms with Gasteiger partial charge < -0.3 is 9.47 Å². The zero-order valence-corrected chi connectivity index (χ0v) is 19.9. The summed E-state index contributed by atoms with van der Waals surface area (Å²) in [5.74, 6) is -0.0141. The third-order valence-corrected chi connectivity index (χ3v) is 5.44. The van der Waals surface area contributed by atoms with E-state index in [1.807, 2.05) is 58.0 Å². The standard InChI is InChI=1S/C25H33N3O3/c1-9-25(6,7)23(29)31-16-30-22(21-14-17(2)27-28(21)8)20(15-26)18-10-12-19(13-11-18)24(3,4)5/h10-14H,9,16H2,1-8H3/b22-20-. The van der Waals surface area contributed by atoms with E-state index in [0.717, 1.165) is 11.3 Å². The molecule has 0 atom stereocenters. The van der Waals surface area contributed by atoms with Crippen molar-refractivity contribution in [3.05, 3.63) is 52.8 Å². The summed E-state index contributed by atoms with van der Waals surface area (Å²) in [5.41, 5.74) is 3.09. The number of rotatable bonds is 7. The van der Waals surface area contributed by atoms with E-state index >= 15 is 0 Å². The number of aromatic nitrogens is 2. The Balaban J connectivity index is 2.45. The number of esters is 1. The third-order valence-electron chi connectivity index (χ3n) is 5.44. The number of carbonyl (C=O) groups excluding carboxylic acids is 1. The molecule has 1 aromatic carbocycles. The molecule has 0 saturated carbocycles. The second-order valence-electron chi connectivity index (χ2n) is 9.37. The summed E-state index contributed by atoms with van der Waals surface area (Å²) in [6.07, 6.45) is 0.652. The molecular weight excluding hydrogens is 390 g/mol.